The van der Waals surface area contributed by atoms with Crippen LogP contribution in [0.3, 0.4) is 0 Å². The van der Waals surface area contributed by atoms with Crippen LogP contribution in [0.1, 0.15) is 6.92 Å². The van der Waals surface area contributed by atoms with Crippen molar-refractivity contribution in [3.63, 3.8) is 0 Å². The van der Waals surface area contributed by atoms with Gasteiger partial charge in [-0.3, -0.25) is 4.79 Å². The lowest BCUT2D eigenvalue weighted by atomic mass is 10.1. The molecule has 0 unspecified atom stereocenters. The van der Waals surface area contributed by atoms with Gasteiger partial charge < -0.3 is 11.2 Å². The van der Waals surface area contributed by atoms with E-state index >= 15 is 0 Å². The molecule has 1 atom stereocenters. The van der Waals surface area contributed by atoms with Gasteiger partial charge in [0.1, 0.15) is 0 Å². The number of carbonyl (C=O) groups excluding carboxylic acids is 1. The maximum Gasteiger partial charge on any atom is 0.237 e. The number of nitrogen functional groups attached to an aromatic ring is 1. The van der Waals surface area contributed by atoms with Crippen molar-refractivity contribution in [3.8, 4) is 11.3 Å². The van der Waals surface area contributed by atoms with Crippen LogP contribution >= 0.6 is 11.8 Å². The van der Waals surface area contributed by atoms with Crippen LogP contribution in [0.4, 0.5) is 5.69 Å². The summed E-state index contributed by atoms with van der Waals surface area (Å²) in [6, 6.07) is 23.7. The van der Waals surface area contributed by atoms with Gasteiger partial charge in [-0.1, -0.05) is 78.5 Å². The summed E-state index contributed by atoms with van der Waals surface area (Å²) in [7, 11) is 0. The smallest absolute Gasteiger partial charge is 0.237 e. The predicted molar refractivity (Wildman–Crippen MR) is 116 cm³/mol. The molecule has 0 radical (unpaired) electrons. The molecule has 3 N–H and O–H groups in total. The molecule has 0 aliphatic heterocycles. The third-order valence-corrected chi connectivity index (χ3v) is 5.55. The molecule has 0 saturated heterocycles. The third kappa shape index (κ3) is 3.73. The first-order valence-corrected chi connectivity index (χ1v) is 9.85. The Morgan fingerprint density at radius 2 is 1.75 bits per heavy atom. The SMILES string of the molecule is C[C@H](Sc1nc(-c2ccccc2)cn1N)C(=O)Nc1cccc2ccccc12. The number of nitrogens with zero attached hydrogens (tertiary/aromatic N) is 2. The number of amides is 1. The van der Waals surface area contributed by atoms with E-state index in [-0.39, 0.29) is 11.2 Å². The zero-order valence-corrected chi connectivity index (χ0v) is 16.2. The second kappa shape index (κ2) is 7.78. The predicted octanol–water partition coefficient (Wildman–Crippen LogP) is 4.54. The number of thioether (sulfide) groups is 1. The molecular weight excluding hydrogens is 368 g/mol. The first kappa shape index (κ1) is 18.1. The molecule has 1 heterocycles. The van der Waals surface area contributed by atoms with E-state index in [1.807, 2.05) is 79.7 Å². The fraction of sp³-hybridized carbons (Fsp3) is 0.0909. The number of fused-ring (bicyclic) bond motifs is 1. The molecule has 5 nitrogen and oxygen atoms in total. The minimum absolute atomic E-state index is 0.0920. The summed E-state index contributed by atoms with van der Waals surface area (Å²) >= 11 is 1.33. The Morgan fingerprint density at radius 1 is 1.04 bits per heavy atom. The molecule has 0 fully saturated rings. The van der Waals surface area contributed by atoms with Crippen molar-refractivity contribution in [2.45, 2.75) is 17.3 Å². The second-order valence-electron chi connectivity index (χ2n) is 6.46. The normalized spacial score (nSPS) is 12.0. The van der Waals surface area contributed by atoms with Crippen molar-refractivity contribution in [2.75, 3.05) is 11.2 Å². The number of imidazole rings is 1. The monoisotopic (exact) mass is 388 g/mol. The second-order valence-corrected chi connectivity index (χ2v) is 7.77. The minimum Gasteiger partial charge on any atom is -0.337 e. The van der Waals surface area contributed by atoms with Gasteiger partial charge in [-0.25, -0.2) is 9.66 Å². The zero-order valence-electron chi connectivity index (χ0n) is 15.4. The molecule has 0 spiro atoms. The lowest BCUT2D eigenvalue weighted by molar-refractivity contribution is -0.115. The summed E-state index contributed by atoms with van der Waals surface area (Å²) in [5, 5.41) is 5.37. The Kier molecular flexibility index (Phi) is 5.04. The summed E-state index contributed by atoms with van der Waals surface area (Å²) in [6.07, 6.45) is 1.77. The number of rotatable bonds is 5. The molecule has 0 bridgehead atoms. The van der Waals surface area contributed by atoms with E-state index in [1.54, 1.807) is 6.20 Å². The number of anilines is 1. The number of hydrogen-bond donors (Lipinski definition) is 2. The standard InChI is InChI=1S/C22H20N4OS/c1-15(21(27)24-19-13-7-11-16-8-5-6-12-18(16)19)28-22-25-20(14-26(22)23)17-9-3-2-4-10-17/h2-15H,23H2,1H3,(H,24,27)/t15-/m0/s1. The molecular formula is C22H20N4OS. The maximum atomic E-state index is 12.7. The highest BCUT2D eigenvalue weighted by Crippen LogP contribution is 2.28. The molecule has 3 aromatic carbocycles. The van der Waals surface area contributed by atoms with Crippen molar-refractivity contribution in [1.82, 2.24) is 9.66 Å². The summed E-state index contributed by atoms with van der Waals surface area (Å²) in [6.45, 7) is 1.85. The topological polar surface area (TPSA) is 72.9 Å². The van der Waals surface area contributed by atoms with E-state index in [9.17, 15) is 4.79 Å². The quantitative estimate of drug-likeness (QED) is 0.389. The molecule has 1 aromatic heterocycles. The molecule has 4 aromatic rings. The largest absolute Gasteiger partial charge is 0.337 e. The number of aromatic nitrogens is 2. The number of nitrogens with two attached hydrogens (primary N) is 1. The van der Waals surface area contributed by atoms with Crippen molar-refractivity contribution in [3.05, 3.63) is 79.0 Å². The third-order valence-electron chi connectivity index (χ3n) is 4.47. The van der Waals surface area contributed by atoms with Gasteiger partial charge in [0.25, 0.3) is 0 Å². The summed E-state index contributed by atoms with van der Waals surface area (Å²) in [5.74, 6) is 5.96. The van der Waals surface area contributed by atoms with E-state index in [0.717, 1.165) is 27.7 Å². The Labute approximate surface area is 167 Å². The number of nitrogens with one attached hydrogen (secondary N) is 1. The molecule has 0 aliphatic carbocycles. The van der Waals surface area contributed by atoms with Crippen LogP contribution in [0.2, 0.25) is 0 Å². The van der Waals surface area contributed by atoms with Crippen LogP contribution in [0, 0.1) is 0 Å². The van der Waals surface area contributed by atoms with Gasteiger partial charge in [-0.15, -0.1) is 0 Å². The van der Waals surface area contributed by atoms with E-state index in [2.05, 4.69) is 10.3 Å². The fourth-order valence-electron chi connectivity index (χ4n) is 2.99. The van der Waals surface area contributed by atoms with Crippen molar-refractivity contribution >= 4 is 34.1 Å². The van der Waals surface area contributed by atoms with Gasteiger partial charge in [-0.05, 0) is 18.4 Å². The minimum atomic E-state index is -0.354. The van der Waals surface area contributed by atoms with E-state index in [4.69, 9.17) is 5.84 Å². The van der Waals surface area contributed by atoms with Crippen molar-refractivity contribution < 1.29 is 4.79 Å². The zero-order chi connectivity index (χ0) is 19.5. The lowest BCUT2D eigenvalue weighted by Crippen LogP contribution is -2.23. The molecule has 28 heavy (non-hydrogen) atoms. The Morgan fingerprint density at radius 3 is 2.57 bits per heavy atom. The van der Waals surface area contributed by atoms with Crippen LogP contribution in [0.15, 0.2) is 84.1 Å². The van der Waals surface area contributed by atoms with Crippen LogP contribution in [-0.2, 0) is 4.79 Å². The van der Waals surface area contributed by atoms with Crippen LogP contribution in [0.25, 0.3) is 22.0 Å². The highest BCUT2D eigenvalue weighted by molar-refractivity contribution is 8.00. The number of hydrogen-bond acceptors (Lipinski definition) is 4. The number of carbonyl (C=O) groups is 1. The Bertz CT molecular complexity index is 1120. The van der Waals surface area contributed by atoms with Gasteiger partial charge in [0.15, 0.2) is 5.16 Å². The molecule has 0 aliphatic rings. The van der Waals surface area contributed by atoms with Crippen molar-refractivity contribution in [1.29, 1.82) is 0 Å². The summed E-state index contributed by atoms with van der Waals surface area (Å²) in [5.41, 5.74) is 2.57. The van der Waals surface area contributed by atoms with E-state index in [0.29, 0.717) is 5.16 Å². The lowest BCUT2D eigenvalue weighted by Gasteiger charge is -2.13. The van der Waals surface area contributed by atoms with Gasteiger partial charge in [0.05, 0.1) is 17.1 Å². The highest BCUT2D eigenvalue weighted by atomic mass is 32.2. The van der Waals surface area contributed by atoms with Crippen LogP contribution in [-0.4, -0.2) is 20.8 Å². The van der Waals surface area contributed by atoms with Crippen LogP contribution in [0.5, 0.6) is 0 Å². The van der Waals surface area contributed by atoms with Crippen LogP contribution < -0.4 is 11.2 Å². The molecule has 6 heteroatoms. The Hall–Kier alpha value is -3.25. The molecule has 4 rings (SSSR count). The van der Waals surface area contributed by atoms with Crippen molar-refractivity contribution in [2.24, 2.45) is 0 Å². The van der Waals surface area contributed by atoms with E-state index < -0.39 is 0 Å². The number of benzene rings is 3. The summed E-state index contributed by atoms with van der Waals surface area (Å²) in [4.78, 5) is 17.3. The first-order valence-electron chi connectivity index (χ1n) is 8.97. The van der Waals surface area contributed by atoms with Gasteiger partial charge >= 0.3 is 0 Å². The molecule has 140 valence electrons. The van der Waals surface area contributed by atoms with E-state index in [1.165, 1.54) is 16.4 Å². The average Bonchev–Trinajstić information content (AvgIpc) is 3.09. The van der Waals surface area contributed by atoms with Gasteiger partial charge in [0, 0.05) is 16.6 Å². The fourth-order valence-corrected chi connectivity index (χ4v) is 3.80. The Balaban J connectivity index is 1.50. The first-order chi connectivity index (χ1) is 13.6. The van der Waals surface area contributed by atoms with Gasteiger partial charge in [0.2, 0.25) is 5.91 Å². The molecule has 1 amide bonds. The maximum absolute atomic E-state index is 12.7. The summed E-state index contributed by atoms with van der Waals surface area (Å²) < 4.78 is 1.47. The molecule has 0 saturated carbocycles. The van der Waals surface area contributed by atoms with Gasteiger partial charge in [-0.2, -0.15) is 0 Å². The average molecular weight is 388 g/mol. The highest BCUT2D eigenvalue weighted by Gasteiger charge is 2.19.